The van der Waals surface area contributed by atoms with Crippen LogP contribution in [0.25, 0.3) is 0 Å². The van der Waals surface area contributed by atoms with Crippen molar-refractivity contribution in [2.45, 2.75) is 32.8 Å². The monoisotopic (exact) mass is 222 g/mol. The minimum atomic E-state index is -0.0583. The maximum absolute atomic E-state index is 8.51. The molecule has 1 unspecified atom stereocenters. The summed E-state index contributed by atoms with van der Waals surface area (Å²) in [7, 11) is 0. The first kappa shape index (κ1) is 12.4. The summed E-state index contributed by atoms with van der Waals surface area (Å²) in [6.45, 7) is 4.00. The second-order valence-electron chi connectivity index (χ2n) is 3.71. The van der Waals surface area contributed by atoms with Crippen LogP contribution in [-0.4, -0.2) is 17.1 Å². The van der Waals surface area contributed by atoms with Crippen LogP contribution in [0, 0.1) is 6.92 Å². The van der Waals surface area contributed by atoms with Gasteiger partial charge in [-0.25, -0.2) is 0 Å². The number of para-hydroxylation sites is 1. The van der Waals surface area contributed by atoms with E-state index in [4.69, 9.17) is 15.7 Å². The molecule has 4 heteroatoms. The van der Waals surface area contributed by atoms with E-state index in [1.165, 1.54) is 0 Å². The third kappa shape index (κ3) is 3.46. The number of oxime groups is 1. The molecule has 0 aromatic heterocycles. The Balaban J connectivity index is 2.67. The zero-order valence-corrected chi connectivity index (χ0v) is 9.68. The van der Waals surface area contributed by atoms with Gasteiger partial charge in [0.05, 0.1) is 0 Å². The van der Waals surface area contributed by atoms with E-state index in [0.717, 1.165) is 17.7 Å². The van der Waals surface area contributed by atoms with Gasteiger partial charge in [0.1, 0.15) is 17.7 Å². The highest BCUT2D eigenvalue weighted by Gasteiger charge is 2.11. The molecular weight excluding hydrogens is 204 g/mol. The lowest BCUT2D eigenvalue weighted by Gasteiger charge is -2.18. The number of nitrogens with zero attached hydrogens (tertiary/aromatic N) is 1. The molecule has 3 N–H and O–H groups in total. The molecule has 0 aliphatic carbocycles. The standard InChI is InChI=1S/C12H18N2O2/c1-3-10(8-12(13)14-15)16-11-7-5-4-6-9(11)2/h4-7,10,15H,3,8H2,1-2H3,(H2,13,14). The Hall–Kier alpha value is -1.71. The van der Waals surface area contributed by atoms with Crippen LogP contribution in [0.1, 0.15) is 25.3 Å². The van der Waals surface area contributed by atoms with Crippen molar-refractivity contribution >= 4 is 5.84 Å². The van der Waals surface area contributed by atoms with Gasteiger partial charge in [0.25, 0.3) is 0 Å². The second kappa shape index (κ2) is 6.00. The van der Waals surface area contributed by atoms with Crippen LogP contribution >= 0.6 is 0 Å². The number of aryl methyl sites for hydroxylation is 1. The Morgan fingerprint density at radius 1 is 1.50 bits per heavy atom. The third-order valence-corrected chi connectivity index (χ3v) is 2.41. The van der Waals surface area contributed by atoms with Gasteiger partial charge in [0, 0.05) is 6.42 Å². The van der Waals surface area contributed by atoms with Crippen LogP contribution < -0.4 is 10.5 Å². The predicted octanol–water partition coefficient (Wildman–Crippen LogP) is 2.29. The highest BCUT2D eigenvalue weighted by Crippen LogP contribution is 2.19. The van der Waals surface area contributed by atoms with E-state index < -0.39 is 0 Å². The molecule has 0 radical (unpaired) electrons. The van der Waals surface area contributed by atoms with Crippen molar-refractivity contribution in [2.75, 3.05) is 0 Å². The first-order chi connectivity index (χ1) is 7.67. The number of ether oxygens (including phenoxy) is 1. The minimum absolute atomic E-state index is 0.0583. The van der Waals surface area contributed by atoms with Crippen molar-refractivity contribution < 1.29 is 9.94 Å². The number of nitrogens with two attached hydrogens (primary N) is 1. The van der Waals surface area contributed by atoms with E-state index in [2.05, 4.69) is 5.16 Å². The average Bonchev–Trinajstić information content (AvgIpc) is 2.30. The summed E-state index contributed by atoms with van der Waals surface area (Å²) in [5.41, 5.74) is 6.54. The molecule has 0 aliphatic heterocycles. The smallest absolute Gasteiger partial charge is 0.142 e. The summed E-state index contributed by atoms with van der Waals surface area (Å²) in [5, 5.41) is 11.5. The van der Waals surface area contributed by atoms with E-state index >= 15 is 0 Å². The van der Waals surface area contributed by atoms with Gasteiger partial charge in [-0.15, -0.1) is 0 Å². The van der Waals surface area contributed by atoms with Crippen molar-refractivity contribution in [1.29, 1.82) is 0 Å². The molecule has 0 bridgehead atoms. The van der Waals surface area contributed by atoms with E-state index in [1.807, 2.05) is 38.1 Å². The van der Waals surface area contributed by atoms with Gasteiger partial charge in [0.2, 0.25) is 0 Å². The molecule has 88 valence electrons. The Morgan fingerprint density at radius 3 is 2.75 bits per heavy atom. The molecule has 1 aromatic rings. The number of benzene rings is 1. The Morgan fingerprint density at radius 2 is 2.19 bits per heavy atom. The molecule has 1 aromatic carbocycles. The molecule has 1 atom stereocenters. The van der Waals surface area contributed by atoms with Crippen LogP contribution in [0.4, 0.5) is 0 Å². The quantitative estimate of drug-likeness (QED) is 0.347. The van der Waals surface area contributed by atoms with Gasteiger partial charge >= 0.3 is 0 Å². The molecule has 1 rings (SSSR count). The van der Waals surface area contributed by atoms with E-state index in [9.17, 15) is 0 Å². The largest absolute Gasteiger partial charge is 0.490 e. The maximum atomic E-state index is 8.51. The number of hydrogen-bond donors (Lipinski definition) is 2. The lowest BCUT2D eigenvalue weighted by Crippen LogP contribution is -2.25. The molecule has 16 heavy (non-hydrogen) atoms. The van der Waals surface area contributed by atoms with Gasteiger partial charge in [-0.2, -0.15) is 0 Å². The molecule has 0 heterocycles. The van der Waals surface area contributed by atoms with Crippen LogP contribution in [0.15, 0.2) is 29.4 Å². The molecular formula is C12H18N2O2. The van der Waals surface area contributed by atoms with Gasteiger partial charge in [-0.1, -0.05) is 30.3 Å². The fourth-order valence-corrected chi connectivity index (χ4v) is 1.41. The first-order valence-electron chi connectivity index (χ1n) is 5.36. The summed E-state index contributed by atoms with van der Waals surface area (Å²) < 4.78 is 5.79. The predicted molar refractivity (Wildman–Crippen MR) is 63.9 cm³/mol. The molecule has 0 amide bonds. The van der Waals surface area contributed by atoms with E-state index in [1.54, 1.807) is 0 Å². The lowest BCUT2D eigenvalue weighted by molar-refractivity contribution is 0.201. The van der Waals surface area contributed by atoms with Gasteiger partial charge in [-0.05, 0) is 25.0 Å². The molecule has 0 saturated carbocycles. The van der Waals surface area contributed by atoms with Crippen molar-refractivity contribution in [3.8, 4) is 5.75 Å². The second-order valence-corrected chi connectivity index (χ2v) is 3.71. The highest BCUT2D eigenvalue weighted by atomic mass is 16.5. The normalized spacial score (nSPS) is 13.5. The summed E-state index contributed by atoms with van der Waals surface area (Å²) in [4.78, 5) is 0. The Labute approximate surface area is 95.7 Å². The van der Waals surface area contributed by atoms with Gasteiger partial charge in [-0.3, -0.25) is 0 Å². The Bertz CT molecular complexity index is 364. The van der Waals surface area contributed by atoms with Gasteiger partial charge < -0.3 is 15.7 Å². The van der Waals surface area contributed by atoms with Crippen molar-refractivity contribution in [3.63, 3.8) is 0 Å². The third-order valence-electron chi connectivity index (χ3n) is 2.41. The molecule has 0 saturated heterocycles. The summed E-state index contributed by atoms with van der Waals surface area (Å²) in [6, 6.07) is 7.81. The topological polar surface area (TPSA) is 67.8 Å². The van der Waals surface area contributed by atoms with Crippen LogP contribution in [0.3, 0.4) is 0 Å². The average molecular weight is 222 g/mol. The highest BCUT2D eigenvalue weighted by molar-refractivity contribution is 5.80. The molecule has 0 fully saturated rings. The van der Waals surface area contributed by atoms with Crippen molar-refractivity contribution in [1.82, 2.24) is 0 Å². The van der Waals surface area contributed by atoms with E-state index in [0.29, 0.717) is 6.42 Å². The van der Waals surface area contributed by atoms with Crippen LogP contribution in [0.5, 0.6) is 5.75 Å². The molecule has 4 nitrogen and oxygen atoms in total. The van der Waals surface area contributed by atoms with Crippen molar-refractivity contribution in [2.24, 2.45) is 10.9 Å². The summed E-state index contributed by atoms with van der Waals surface area (Å²) >= 11 is 0. The number of rotatable bonds is 5. The fourth-order valence-electron chi connectivity index (χ4n) is 1.41. The number of hydrogen-bond acceptors (Lipinski definition) is 3. The first-order valence-corrected chi connectivity index (χ1v) is 5.36. The zero-order valence-electron chi connectivity index (χ0n) is 9.68. The van der Waals surface area contributed by atoms with Crippen LogP contribution in [-0.2, 0) is 0 Å². The van der Waals surface area contributed by atoms with Gasteiger partial charge in [0.15, 0.2) is 0 Å². The molecule has 0 spiro atoms. The van der Waals surface area contributed by atoms with Crippen molar-refractivity contribution in [3.05, 3.63) is 29.8 Å². The summed E-state index contributed by atoms with van der Waals surface area (Å²) in [6.07, 6.45) is 1.18. The zero-order chi connectivity index (χ0) is 12.0. The van der Waals surface area contributed by atoms with E-state index in [-0.39, 0.29) is 11.9 Å². The van der Waals surface area contributed by atoms with Crippen LogP contribution in [0.2, 0.25) is 0 Å². The maximum Gasteiger partial charge on any atom is 0.142 e. The summed E-state index contributed by atoms with van der Waals surface area (Å²) in [5.74, 6) is 1.04. The Kier molecular flexibility index (Phi) is 4.64. The number of amidine groups is 1. The molecule has 0 aliphatic rings. The lowest BCUT2D eigenvalue weighted by atomic mass is 10.1. The fraction of sp³-hybridized carbons (Fsp3) is 0.417. The SMILES string of the molecule is CCC(C/C(N)=N/O)Oc1ccccc1C. The minimum Gasteiger partial charge on any atom is -0.490 e.